The second-order valence-electron chi connectivity index (χ2n) is 9.29. The number of thiophene rings is 1. The van der Waals surface area contributed by atoms with Crippen LogP contribution in [-0.2, 0) is 6.54 Å². The number of benzene rings is 2. The molecule has 192 valence electrons. The van der Waals surface area contributed by atoms with Gasteiger partial charge in [0.25, 0.3) is 5.91 Å². The highest BCUT2D eigenvalue weighted by Crippen LogP contribution is 2.40. The van der Waals surface area contributed by atoms with Gasteiger partial charge in [-0.1, -0.05) is 17.7 Å². The summed E-state index contributed by atoms with van der Waals surface area (Å²) < 4.78 is 29.0. The lowest BCUT2D eigenvalue weighted by Gasteiger charge is -2.37. The van der Waals surface area contributed by atoms with Gasteiger partial charge in [0.2, 0.25) is 0 Å². The summed E-state index contributed by atoms with van der Waals surface area (Å²) in [6, 6.07) is 11.3. The highest BCUT2D eigenvalue weighted by atomic mass is 35.5. The molecule has 0 saturated heterocycles. The fourth-order valence-electron chi connectivity index (χ4n) is 5.03. The van der Waals surface area contributed by atoms with Gasteiger partial charge in [0, 0.05) is 36.6 Å². The Balaban J connectivity index is 1.54. The first-order valence-electron chi connectivity index (χ1n) is 12.1. The first-order chi connectivity index (χ1) is 17.9. The summed E-state index contributed by atoms with van der Waals surface area (Å²) in [6.07, 6.45) is 6.68. The van der Waals surface area contributed by atoms with Crippen LogP contribution < -0.4 is 5.32 Å². The molecule has 2 heterocycles. The Labute approximate surface area is 222 Å². The van der Waals surface area contributed by atoms with Gasteiger partial charge in [0.15, 0.2) is 0 Å². The van der Waals surface area contributed by atoms with Gasteiger partial charge in [-0.05, 0) is 80.3 Å². The van der Waals surface area contributed by atoms with Crippen LogP contribution in [0.5, 0.6) is 5.75 Å². The van der Waals surface area contributed by atoms with E-state index in [0.29, 0.717) is 11.6 Å². The average Bonchev–Trinajstić information content (AvgIpc) is 3.29. The van der Waals surface area contributed by atoms with E-state index in [0.717, 1.165) is 60.3 Å². The third-order valence-corrected chi connectivity index (χ3v) is 8.79. The summed E-state index contributed by atoms with van der Waals surface area (Å²) >= 11 is 7.35. The lowest BCUT2D eigenvalue weighted by molar-refractivity contribution is 0.0605. The molecule has 1 aliphatic carbocycles. The van der Waals surface area contributed by atoms with E-state index in [1.165, 1.54) is 0 Å². The molecule has 2 aromatic heterocycles. The third-order valence-electron chi connectivity index (χ3n) is 7.12. The molecule has 2 N–H and O–H groups in total. The van der Waals surface area contributed by atoms with E-state index in [9.17, 15) is 18.7 Å². The van der Waals surface area contributed by atoms with E-state index in [2.05, 4.69) is 10.3 Å². The normalized spacial score (nSPS) is 17.7. The number of hydrogen-bond acceptors (Lipinski definition) is 5. The van der Waals surface area contributed by atoms with Gasteiger partial charge in [-0.15, -0.1) is 11.3 Å². The Morgan fingerprint density at radius 2 is 1.78 bits per heavy atom. The lowest BCUT2D eigenvalue weighted by Crippen LogP contribution is -2.44. The van der Waals surface area contributed by atoms with Crippen LogP contribution in [0.15, 0.2) is 54.9 Å². The predicted molar refractivity (Wildman–Crippen MR) is 143 cm³/mol. The minimum atomic E-state index is -0.666. The van der Waals surface area contributed by atoms with Crippen molar-refractivity contribution in [2.24, 2.45) is 0 Å². The van der Waals surface area contributed by atoms with E-state index >= 15 is 0 Å². The molecular weight excluding hydrogens is 516 g/mol. The number of fused-ring (bicyclic) bond motifs is 1. The second-order valence-corrected chi connectivity index (χ2v) is 10.7. The van der Waals surface area contributed by atoms with Crippen LogP contribution in [0.2, 0.25) is 5.02 Å². The summed E-state index contributed by atoms with van der Waals surface area (Å²) in [5.41, 5.74) is 2.39. The highest BCUT2D eigenvalue weighted by molar-refractivity contribution is 7.21. The van der Waals surface area contributed by atoms with Crippen LogP contribution >= 0.6 is 22.9 Å². The molecule has 37 heavy (non-hydrogen) atoms. The van der Waals surface area contributed by atoms with E-state index in [1.54, 1.807) is 23.4 Å². The van der Waals surface area contributed by atoms with Crippen molar-refractivity contribution in [3.63, 3.8) is 0 Å². The van der Waals surface area contributed by atoms with Crippen molar-refractivity contribution in [3.05, 3.63) is 82.0 Å². The number of carbonyl (C=O) groups is 1. The number of halogens is 3. The number of rotatable bonds is 6. The SMILES string of the molecule is CN[C@H]1CC[C@@H](N(Cc2cc(-c3ccncc3)ccc2O)C(=O)c2sc3c(F)ccc(F)c3c2Cl)CC1. The van der Waals surface area contributed by atoms with Crippen LogP contribution in [0, 0.1) is 11.6 Å². The highest BCUT2D eigenvalue weighted by Gasteiger charge is 2.33. The topological polar surface area (TPSA) is 65.5 Å². The predicted octanol–water partition coefficient (Wildman–Crippen LogP) is 6.77. The van der Waals surface area contributed by atoms with E-state index in [1.807, 2.05) is 31.3 Å². The first kappa shape index (κ1) is 25.6. The molecule has 4 aromatic rings. The fraction of sp³-hybridized carbons (Fsp3) is 0.286. The van der Waals surface area contributed by atoms with Crippen LogP contribution in [0.4, 0.5) is 8.78 Å². The second kappa shape index (κ2) is 10.7. The van der Waals surface area contributed by atoms with Crippen molar-refractivity contribution in [2.75, 3.05) is 7.05 Å². The standard InChI is InChI=1S/C28H26ClF2N3O2S/c1-32-19-3-5-20(6-4-19)34(15-18-14-17(2-9-23(18)35)16-10-12-33-13-11-16)28(36)27-25(29)24-21(30)7-8-22(31)26(24)37-27/h2,7-14,19-20,32,35H,3-6,15H2,1H3/t19-,20+. The number of nitrogens with one attached hydrogen (secondary N) is 1. The molecule has 0 spiro atoms. The Morgan fingerprint density at radius 1 is 1.08 bits per heavy atom. The Bertz CT molecular complexity index is 1440. The molecule has 0 aliphatic heterocycles. The van der Waals surface area contributed by atoms with Gasteiger partial charge in [0.1, 0.15) is 22.3 Å². The Morgan fingerprint density at radius 3 is 2.46 bits per heavy atom. The van der Waals surface area contributed by atoms with Gasteiger partial charge >= 0.3 is 0 Å². The first-order valence-corrected chi connectivity index (χ1v) is 13.3. The van der Waals surface area contributed by atoms with Crippen LogP contribution in [0.25, 0.3) is 21.2 Å². The monoisotopic (exact) mass is 541 g/mol. The molecule has 0 unspecified atom stereocenters. The van der Waals surface area contributed by atoms with Gasteiger partial charge in [-0.2, -0.15) is 0 Å². The molecule has 1 aliphatic rings. The maximum atomic E-state index is 14.5. The van der Waals surface area contributed by atoms with Crippen molar-refractivity contribution in [2.45, 2.75) is 44.3 Å². The molecule has 1 fully saturated rings. The molecule has 5 nitrogen and oxygen atoms in total. The van der Waals surface area contributed by atoms with E-state index < -0.39 is 17.5 Å². The van der Waals surface area contributed by atoms with Crippen molar-refractivity contribution in [1.29, 1.82) is 0 Å². The smallest absolute Gasteiger partial charge is 0.266 e. The van der Waals surface area contributed by atoms with Crippen LogP contribution in [-0.4, -0.2) is 40.0 Å². The minimum Gasteiger partial charge on any atom is -0.508 e. The van der Waals surface area contributed by atoms with Gasteiger partial charge in [-0.3, -0.25) is 9.78 Å². The molecule has 5 rings (SSSR count). The average molecular weight is 542 g/mol. The summed E-state index contributed by atoms with van der Waals surface area (Å²) in [7, 11) is 1.93. The molecule has 1 saturated carbocycles. The van der Waals surface area contributed by atoms with Crippen molar-refractivity contribution >= 4 is 38.9 Å². The zero-order valence-corrected chi connectivity index (χ0v) is 21.8. The number of nitrogens with zero attached hydrogens (tertiary/aromatic N) is 2. The lowest BCUT2D eigenvalue weighted by atomic mass is 9.89. The number of carbonyl (C=O) groups excluding carboxylic acids is 1. The Hall–Kier alpha value is -3.07. The number of hydrogen-bond donors (Lipinski definition) is 2. The zero-order valence-electron chi connectivity index (χ0n) is 20.2. The summed E-state index contributed by atoms with van der Waals surface area (Å²) in [4.78, 5) is 19.8. The maximum Gasteiger partial charge on any atom is 0.266 e. The summed E-state index contributed by atoms with van der Waals surface area (Å²) in [5, 5.41) is 13.9. The number of phenolic OH excluding ortho intramolecular Hbond substituents is 1. The maximum absolute atomic E-state index is 14.5. The van der Waals surface area contributed by atoms with E-state index in [4.69, 9.17) is 11.6 Å². The molecule has 1 amide bonds. The quantitative estimate of drug-likeness (QED) is 0.282. The molecule has 2 aromatic carbocycles. The molecule has 0 atom stereocenters. The number of aromatic nitrogens is 1. The van der Waals surface area contributed by atoms with Crippen molar-refractivity contribution < 1.29 is 18.7 Å². The zero-order chi connectivity index (χ0) is 26.1. The molecule has 0 bridgehead atoms. The van der Waals surface area contributed by atoms with Crippen LogP contribution in [0.1, 0.15) is 40.9 Å². The molecular formula is C28H26ClF2N3O2S. The number of phenols is 1. The number of pyridine rings is 1. The van der Waals surface area contributed by atoms with Crippen molar-refractivity contribution in [1.82, 2.24) is 15.2 Å². The van der Waals surface area contributed by atoms with Gasteiger partial charge in [-0.25, -0.2) is 8.78 Å². The molecule has 9 heteroatoms. The molecule has 0 radical (unpaired) electrons. The Kier molecular flexibility index (Phi) is 7.42. The summed E-state index contributed by atoms with van der Waals surface area (Å²) in [5.74, 6) is -1.61. The number of amides is 1. The van der Waals surface area contributed by atoms with E-state index in [-0.39, 0.29) is 38.3 Å². The third kappa shape index (κ3) is 5.06. The number of aromatic hydroxyl groups is 1. The van der Waals surface area contributed by atoms with Crippen molar-refractivity contribution in [3.8, 4) is 16.9 Å². The fourth-order valence-corrected chi connectivity index (χ4v) is 6.53. The minimum absolute atomic E-state index is 0.0229. The van der Waals surface area contributed by atoms with Crippen LogP contribution in [0.3, 0.4) is 0 Å². The van der Waals surface area contributed by atoms with Gasteiger partial charge in [0.05, 0.1) is 15.1 Å². The summed E-state index contributed by atoms with van der Waals surface area (Å²) in [6.45, 7) is 0.133. The van der Waals surface area contributed by atoms with Gasteiger partial charge < -0.3 is 15.3 Å². The largest absolute Gasteiger partial charge is 0.508 e.